The molecule has 7 nitrogen and oxygen atoms in total. The molecule has 0 saturated carbocycles. The van der Waals surface area contributed by atoms with E-state index in [1.54, 1.807) is 62.6 Å². The molecule has 3 aromatic rings. The van der Waals surface area contributed by atoms with E-state index in [0.717, 1.165) is 5.39 Å². The van der Waals surface area contributed by atoms with Gasteiger partial charge in [-0.2, -0.15) is 0 Å². The molecule has 162 valence electrons. The molecule has 4 amide bonds. The quantitative estimate of drug-likeness (QED) is 0.607. The van der Waals surface area contributed by atoms with Crippen LogP contribution >= 0.6 is 0 Å². The lowest BCUT2D eigenvalue weighted by atomic mass is 9.94. The van der Waals surface area contributed by atoms with Gasteiger partial charge >= 0.3 is 0 Å². The second kappa shape index (κ2) is 8.63. The van der Waals surface area contributed by atoms with E-state index in [4.69, 9.17) is 0 Å². The predicted molar refractivity (Wildman–Crippen MR) is 122 cm³/mol. The zero-order valence-electron chi connectivity index (χ0n) is 17.9. The SMILES string of the molecule is CN(C)C(=O)c1cccc(NC(=O)CCCN2C(=O)c3cccc4cccc(c34)C2=O)c1. The summed E-state index contributed by atoms with van der Waals surface area (Å²) in [5, 5.41) is 4.31. The maximum atomic E-state index is 12.9. The molecule has 1 N–H and O–H groups in total. The summed E-state index contributed by atoms with van der Waals surface area (Å²) in [7, 11) is 3.32. The molecular weight excluding hydrogens is 406 g/mol. The van der Waals surface area contributed by atoms with Gasteiger partial charge in [0.1, 0.15) is 0 Å². The molecule has 1 aliphatic heterocycles. The Morgan fingerprint density at radius 1 is 0.906 bits per heavy atom. The molecule has 0 aromatic heterocycles. The van der Waals surface area contributed by atoms with Crippen LogP contribution in [0.1, 0.15) is 43.9 Å². The number of carbonyl (C=O) groups excluding carboxylic acids is 4. The normalized spacial score (nSPS) is 12.8. The number of imide groups is 1. The highest BCUT2D eigenvalue weighted by molar-refractivity contribution is 6.25. The Labute approximate surface area is 185 Å². The summed E-state index contributed by atoms with van der Waals surface area (Å²) in [5.74, 6) is -1.08. The van der Waals surface area contributed by atoms with Crippen molar-refractivity contribution in [2.24, 2.45) is 0 Å². The molecule has 0 radical (unpaired) electrons. The van der Waals surface area contributed by atoms with Gasteiger partial charge in [-0.15, -0.1) is 0 Å². The Balaban J connectivity index is 1.39. The topological polar surface area (TPSA) is 86.8 Å². The van der Waals surface area contributed by atoms with E-state index in [1.807, 2.05) is 12.1 Å². The third-order valence-corrected chi connectivity index (χ3v) is 5.44. The standard InChI is InChI=1S/C25H23N3O4/c1-27(2)23(30)17-9-3-10-18(15-17)26-21(29)13-6-14-28-24(31)19-11-4-7-16-8-5-12-20(22(16)19)25(28)32/h3-5,7-12,15H,6,13-14H2,1-2H3,(H,26,29). The minimum atomic E-state index is -0.338. The summed E-state index contributed by atoms with van der Waals surface area (Å²) in [5.41, 5.74) is 2.01. The second-order valence-electron chi connectivity index (χ2n) is 7.90. The molecule has 1 aliphatic rings. The van der Waals surface area contributed by atoms with E-state index >= 15 is 0 Å². The first-order chi connectivity index (χ1) is 15.4. The van der Waals surface area contributed by atoms with E-state index in [2.05, 4.69) is 5.32 Å². The lowest BCUT2D eigenvalue weighted by Crippen LogP contribution is -2.41. The zero-order valence-corrected chi connectivity index (χ0v) is 17.9. The highest BCUT2D eigenvalue weighted by atomic mass is 16.2. The summed E-state index contributed by atoms with van der Waals surface area (Å²) in [4.78, 5) is 53.0. The summed E-state index contributed by atoms with van der Waals surface area (Å²) in [6.45, 7) is 0.148. The van der Waals surface area contributed by atoms with Crippen LogP contribution in [0.5, 0.6) is 0 Å². The first-order valence-corrected chi connectivity index (χ1v) is 10.4. The number of hydrogen-bond acceptors (Lipinski definition) is 4. The Bertz CT molecular complexity index is 1200. The number of anilines is 1. The average Bonchev–Trinajstić information content (AvgIpc) is 2.79. The number of amides is 4. The maximum absolute atomic E-state index is 12.9. The number of nitrogens with one attached hydrogen (secondary N) is 1. The van der Waals surface area contributed by atoms with Gasteiger partial charge in [-0.3, -0.25) is 24.1 Å². The minimum Gasteiger partial charge on any atom is -0.345 e. The highest BCUT2D eigenvalue weighted by Crippen LogP contribution is 2.30. The van der Waals surface area contributed by atoms with E-state index in [0.29, 0.717) is 34.2 Å². The van der Waals surface area contributed by atoms with Crippen molar-refractivity contribution in [1.29, 1.82) is 0 Å². The number of nitrogens with zero attached hydrogens (tertiary/aromatic N) is 2. The third-order valence-electron chi connectivity index (χ3n) is 5.44. The van der Waals surface area contributed by atoms with Gasteiger partial charge in [-0.25, -0.2) is 0 Å². The van der Waals surface area contributed by atoms with Crippen LogP contribution in [0.3, 0.4) is 0 Å². The Morgan fingerprint density at radius 2 is 1.53 bits per heavy atom. The van der Waals surface area contributed by atoms with Crippen LogP contribution in [0.2, 0.25) is 0 Å². The van der Waals surface area contributed by atoms with Crippen molar-refractivity contribution in [2.45, 2.75) is 12.8 Å². The van der Waals surface area contributed by atoms with Gasteiger partial charge in [0.25, 0.3) is 17.7 Å². The molecule has 0 atom stereocenters. The van der Waals surface area contributed by atoms with Crippen LogP contribution in [0.25, 0.3) is 10.8 Å². The van der Waals surface area contributed by atoms with E-state index in [-0.39, 0.29) is 36.6 Å². The second-order valence-corrected chi connectivity index (χ2v) is 7.90. The first kappa shape index (κ1) is 21.2. The fourth-order valence-electron chi connectivity index (χ4n) is 3.89. The highest BCUT2D eigenvalue weighted by Gasteiger charge is 2.32. The lowest BCUT2D eigenvalue weighted by molar-refractivity contribution is -0.116. The van der Waals surface area contributed by atoms with Crippen molar-refractivity contribution in [2.75, 3.05) is 26.0 Å². The fraction of sp³-hybridized carbons (Fsp3) is 0.200. The van der Waals surface area contributed by atoms with Crippen LogP contribution in [0.15, 0.2) is 60.7 Å². The van der Waals surface area contributed by atoms with Crippen molar-refractivity contribution in [1.82, 2.24) is 9.80 Å². The van der Waals surface area contributed by atoms with Crippen molar-refractivity contribution < 1.29 is 19.2 Å². The summed E-state index contributed by atoms with van der Waals surface area (Å²) in [6, 6.07) is 17.5. The smallest absolute Gasteiger partial charge is 0.261 e. The molecule has 7 heteroatoms. The van der Waals surface area contributed by atoms with Crippen molar-refractivity contribution in [3.63, 3.8) is 0 Å². The predicted octanol–water partition coefficient (Wildman–Crippen LogP) is 3.56. The van der Waals surface area contributed by atoms with Crippen molar-refractivity contribution in [3.8, 4) is 0 Å². The molecule has 0 bridgehead atoms. The van der Waals surface area contributed by atoms with Gasteiger partial charge in [0, 0.05) is 54.8 Å². The Kier molecular flexibility index (Phi) is 5.73. The Hall–Kier alpha value is -4.00. The van der Waals surface area contributed by atoms with Gasteiger partial charge in [-0.1, -0.05) is 30.3 Å². The number of benzene rings is 3. The minimum absolute atomic E-state index is 0.134. The van der Waals surface area contributed by atoms with Crippen LogP contribution < -0.4 is 5.32 Å². The molecule has 4 rings (SSSR count). The molecule has 3 aromatic carbocycles. The van der Waals surface area contributed by atoms with Gasteiger partial charge in [-0.05, 0) is 42.1 Å². The molecule has 0 aliphatic carbocycles. The van der Waals surface area contributed by atoms with Crippen LogP contribution in [-0.4, -0.2) is 54.1 Å². The fourth-order valence-corrected chi connectivity index (χ4v) is 3.89. The van der Waals surface area contributed by atoms with Crippen molar-refractivity contribution >= 4 is 40.1 Å². The van der Waals surface area contributed by atoms with Crippen LogP contribution in [-0.2, 0) is 4.79 Å². The van der Waals surface area contributed by atoms with Crippen LogP contribution in [0.4, 0.5) is 5.69 Å². The largest absolute Gasteiger partial charge is 0.345 e. The summed E-state index contributed by atoms with van der Waals surface area (Å²) >= 11 is 0. The van der Waals surface area contributed by atoms with Crippen molar-refractivity contribution in [3.05, 3.63) is 77.4 Å². The Morgan fingerprint density at radius 3 is 2.16 bits per heavy atom. The monoisotopic (exact) mass is 429 g/mol. The molecule has 0 spiro atoms. The van der Waals surface area contributed by atoms with Gasteiger partial charge in [0.15, 0.2) is 0 Å². The molecule has 32 heavy (non-hydrogen) atoms. The van der Waals surface area contributed by atoms with E-state index < -0.39 is 0 Å². The van der Waals surface area contributed by atoms with Gasteiger partial charge in [0.2, 0.25) is 5.91 Å². The zero-order chi connectivity index (χ0) is 22.8. The average molecular weight is 429 g/mol. The third kappa shape index (κ3) is 3.97. The molecule has 1 heterocycles. The summed E-state index contributed by atoms with van der Waals surface area (Å²) in [6.07, 6.45) is 0.465. The number of rotatable bonds is 6. The van der Waals surface area contributed by atoms with Gasteiger partial charge in [0.05, 0.1) is 0 Å². The molecule has 0 fully saturated rings. The van der Waals surface area contributed by atoms with Crippen LogP contribution in [0, 0.1) is 0 Å². The maximum Gasteiger partial charge on any atom is 0.261 e. The lowest BCUT2D eigenvalue weighted by Gasteiger charge is -2.27. The molecule has 0 unspecified atom stereocenters. The van der Waals surface area contributed by atoms with E-state index in [1.165, 1.54) is 9.80 Å². The number of carbonyl (C=O) groups is 4. The van der Waals surface area contributed by atoms with Gasteiger partial charge < -0.3 is 10.2 Å². The molecular formula is C25H23N3O4. The van der Waals surface area contributed by atoms with E-state index in [9.17, 15) is 19.2 Å². The number of hydrogen-bond donors (Lipinski definition) is 1. The first-order valence-electron chi connectivity index (χ1n) is 10.4. The summed E-state index contributed by atoms with van der Waals surface area (Å²) < 4.78 is 0. The molecule has 0 saturated heterocycles.